The monoisotopic (exact) mass is 491 g/mol. The molecule has 9 heteroatoms. The molecule has 3 aromatic rings. The van der Waals surface area contributed by atoms with E-state index in [-0.39, 0.29) is 29.2 Å². The molecule has 0 radical (unpaired) electrons. The molecule has 9 nitrogen and oxygen atoms in total. The van der Waals surface area contributed by atoms with E-state index in [0.29, 0.717) is 28.4 Å². The van der Waals surface area contributed by atoms with E-state index < -0.39 is 5.91 Å². The number of hydrogen-bond acceptors (Lipinski definition) is 6. The molecule has 1 aliphatic rings. The minimum absolute atomic E-state index is 0.0304. The first-order valence-electron chi connectivity index (χ1n) is 12.1. The van der Waals surface area contributed by atoms with Crippen molar-refractivity contribution in [3.05, 3.63) is 53.4 Å². The Morgan fingerprint density at radius 3 is 2.31 bits per heavy atom. The van der Waals surface area contributed by atoms with Crippen LogP contribution in [0.15, 0.2) is 40.9 Å². The highest BCUT2D eigenvalue weighted by molar-refractivity contribution is 6.15. The van der Waals surface area contributed by atoms with Crippen molar-refractivity contribution in [1.29, 1.82) is 0 Å². The predicted molar refractivity (Wildman–Crippen MR) is 139 cm³/mol. The fourth-order valence-corrected chi connectivity index (χ4v) is 4.57. The van der Waals surface area contributed by atoms with Crippen LogP contribution >= 0.6 is 0 Å². The third-order valence-corrected chi connectivity index (χ3v) is 6.75. The summed E-state index contributed by atoms with van der Waals surface area (Å²) in [6.45, 7) is 1.91. The molecule has 3 amide bonds. The summed E-state index contributed by atoms with van der Waals surface area (Å²) in [5, 5.41) is 6.20. The number of aryl methyl sites for hydroxylation is 1. The van der Waals surface area contributed by atoms with Gasteiger partial charge in [0.25, 0.3) is 11.8 Å². The largest absolute Gasteiger partial charge is 0.449 e. The zero-order chi connectivity index (χ0) is 26.0. The van der Waals surface area contributed by atoms with Crippen LogP contribution in [0.25, 0.3) is 11.0 Å². The maximum Gasteiger partial charge on any atom is 0.294 e. The molecule has 0 saturated heterocycles. The maximum atomic E-state index is 13.3. The number of pyridine rings is 1. The SMILES string of the molecule is Cc1ccc(NC(=O)c2oc3ccc(C(=O)N(C)C)cc3c2NC(=O)C2CCC(N(C)C)CC2)nc1. The second-order valence-electron chi connectivity index (χ2n) is 9.85. The molecule has 2 N–H and O–H groups in total. The second kappa shape index (κ2) is 10.5. The van der Waals surface area contributed by atoms with Gasteiger partial charge in [-0.25, -0.2) is 4.98 Å². The van der Waals surface area contributed by atoms with Gasteiger partial charge in [-0.2, -0.15) is 0 Å². The average Bonchev–Trinajstić information content (AvgIpc) is 3.22. The summed E-state index contributed by atoms with van der Waals surface area (Å²) in [5.41, 5.74) is 2.07. The Bertz CT molecular complexity index is 1270. The fourth-order valence-electron chi connectivity index (χ4n) is 4.57. The van der Waals surface area contributed by atoms with Gasteiger partial charge in [0.15, 0.2) is 0 Å². The molecule has 190 valence electrons. The summed E-state index contributed by atoms with van der Waals surface area (Å²) in [5.74, 6) is -0.693. The lowest BCUT2D eigenvalue weighted by Crippen LogP contribution is -2.35. The summed E-state index contributed by atoms with van der Waals surface area (Å²) < 4.78 is 5.90. The van der Waals surface area contributed by atoms with E-state index in [1.807, 2.05) is 13.0 Å². The zero-order valence-electron chi connectivity index (χ0n) is 21.4. The Morgan fingerprint density at radius 1 is 0.972 bits per heavy atom. The number of nitrogens with zero attached hydrogens (tertiary/aromatic N) is 3. The van der Waals surface area contributed by atoms with Crippen molar-refractivity contribution in [2.75, 3.05) is 38.8 Å². The molecule has 0 bridgehead atoms. The Kier molecular flexibility index (Phi) is 7.40. The van der Waals surface area contributed by atoms with Crippen molar-refractivity contribution in [2.45, 2.75) is 38.6 Å². The first kappa shape index (κ1) is 25.4. The Labute approximate surface area is 210 Å². The first-order chi connectivity index (χ1) is 17.1. The number of aromatic nitrogens is 1. The molecule has 1 aliphatic carbocycles. The van der Waals surface area contributed by atoms with Crippen LogP contribution < -0.4 is 10.6 Å². The third-order valence-electron chi connectivity index (χ3n) is 6.75. The summed E-state index contributed by atoms with van der Waals surface area (Å²) in [6.07, 6.45) is 5.06. The highest BCUT2D eigenvalue weighted by Crippen LogP contribution is 2.34. The summed E-state index contributed by atoms with van der Waals surface area (Å²) in [7, 11) is 7.45. The molecule has 0 aliphatic heterocycles. The van der Waals surface area contributed by atoms with Gasteiger partial charge in [0.2, 0.25) is 11.7 Å². The fraction of sp³-hybridized carbons (Fsp3) is 0.407. The van der Waals surface area contributed by atoms with Gasteiger partial charge in [-0.1, -0.05) is 6.07 Å². The molecular weight excluding hydrogens is 458 g/mol. The first-order valence-corrected chi connectivity index (χ1v) is 12.1. The molecule has 2 heterocycles. The normalized spacial score (nSPS) is 17.7. The van der Waals surface area contributed by atoms with E-state index in [2.05, 4.69) is 34.6 Å². The van der Waals surface area contributed by atoms with Crippen molar-refractivity contribution in [2.24, 2.45) is 5.92 Å². The Balaban J connectivity index is 1.66. The van der Waals surface area contributed by atoms with E-state index in [4.69, 9.17) is 4.42 Å². The highest BCUT2D eigenvalue weighted by atomic mass is 16.3. The molecule has 1 aromatic carbocycles. The van der Waals surface area contributed by atoms with Crippen LogP contribution in [0.4, 0.5) is 11.5 Å². The summed E-state index contributed by atoms with van der Waals surface area (Å²) in [6, 6.07) is 8.95. The van der Waals surface area contributed by atoms with Gasteiger partial charge in [-0.15, -0.1) is 0 Å². The van der Waals surface area contributed by atoms with Crippen molar-refractivity contribution in [3.8, 4) is 0 Å². The van der Waals surface area contributed by atoms with E-state index >= 15 is 0 Å². The lowest BCUT2D eigenvalue weighted by atomic mass is 9.85. The second-order valence-corrected chi connectivity index (χ2v) is 9.85. The van der Waals surface area contributed by atoms with E-state index in [9.17, 15) is 14.4 Å². The molecule has 2 aromatic heterocycles. The van der Waals surface area contributed by atoms with E-state index in [0.717, 1.165) is 31.2 Å². The predicted octanol–water partition coefficient (Wildman–Crippen LogP) is 4.15. The van der Waals surface area contributed by atoms with Crippen LogP contribution in [0.2, 0.25) is 0 Å². The number of rotatable bonds is 6. The topological polar surface area (TPSA) is 108 Å². The van der Waals surface area contributed by atoms with Gasteiger partial charge < -0.3 is 24.9 Å². The molecule has 0 spiro atoms. The molecule has 4 rings (SSSR count). The van der Waals surface area contributed by atoms with Gasteiger partial charge in [0.1, 0.15) is 17.1 Å². The number of carbonyl (C=O) groups is 3. The Hall–Kier alpha value is -3.72. The standard InChI is InChI=1S/C27H33N5O4/c1-16-6-13-22(28-15-16)29-26(34)24-23(30-25(33)17-7-10-19(11-8-17)31(2)3)20-14-18(27(35)32(4)5)9-12-21(20)36-24/h6,9,12-15,17,19H,7-8,10-11H2,1-5H3,(H,30,33)(H,28,29,34). The van der Waals surface area contributed by atoms with Crippen LogP contribution in [0.3, 0.4) is 0 Å². The average molecular weight is 492 g/mol. The lowest BCUT2D eigenvalue weighted by Gasteiger charge is -2.31. The van der Waals surface area contributed by atoms with Crippen LogP contribution in [0.1, 0.15) is 52.2 Å². The number of benzene rings is 1. The van der Waals surface area contributed by atoms with Crippen LogP contribution in [0, 0.1) is 12.8 Å². The maximum absolute atomic E-state index is 13.3. The number of amides is 3. The van der Waals surface area contributed by atoms with Crippen molar-refractivity contribution in [3.63, 3.8) is 0 Å². The number of hydrogen-bond donors (Lipinski definition) is 2. The quantitative estimate of drug-likeness (QED) is 0.536. The summed E-state index contributed by atoms with van der Waals surface area (Å²) >= 11 is 0. The highest BCUT2D eigenvalue weighted by Gasteiger charge is 2.30. The minimum atomic E-state index is -0.533. The minimum Gasteiger partial charge on any atom is -0.449 e. The smallest absolute Gasteiger partial charge is 0.294 e. The van der Waals surface area contributed by atoms with Crippen LogP contribution in [-0.4, -0.2) is 66.7 Å². The lowest BCUT2D eigenvalue weighted by molar-refractivity contribution is -0.121. The number of nitrogens with one attached hydrogen (secondary N) is 2. The van der Waals surface area contributed by atoms with Gasteiger partial charge in [0.05, 0.1) is 0 Å². The van der Waals surface area contributed by atoms with Gasteiger partial charge >= 0.3 is 0 Å². The van der Waals surface area contributed by atoms with Gasteiger partial charge in [-0.3, -0.25) is 14.4 Å². The Morgan fingerprint density at radius 2 is 1.69 bits per heavy atom. The molecule has 36 heavy (non-hydrogen) atoms. The third kappa shape index (κ3) is 5.41. The summed E-state index contributed by atoms with van der Waals surface area (Å²) in [4.78, 5) is 47.0. The van der Waals surface area contributed by atoms with Crippen molar-refractivity contribution >= 4 is 40.2 Å². The molecule has 1 saturated carbocycles. The molecule has 0 unspecified atom stereocenters. The zero-order valence-corrected chi connectivity index (χ0v) is 21.4. The van der Waals surface area contributed by atoms with Crippen molar-refractivity contribution in [1.82, 2.24) is 14.8 Å². The van der Waals surface area contributed by atoms with E-state index in [1.54, 1.807) is 44.6 Å². The van der Waals surface area contributed by atoms with Crippen molar-refractivity contribution < 1.29 is 18.8 Å². The number of furan rings is 1. The number of fused-ring (bicyclic) bond motifs is 1. The number of anilines is 2. The molecule has 1 fully saturated rings. The molecular formula is C27H33N5O4. The van der Waals surface area contributed by atoms with E-state index in [1.165, 1.54) is 4.90 Å². The van der Waals surface area contributed by atoms with Crippen LogP contribution in [0.5, 0.6) is 0 Å². The van der Waals surface area contributed by atoms with Crippen LogP contribution in [-0.2, 0) is 4.79 Å². The van der Waals surface area contributed by atoms with Gasteiger partial charge in [0, 0.05) is 43.2 Å². The number of carbonyl (C=O) groups excluding carboxylic acids is 3. The van der Waals surface area contributed by atoms with Gasteiger partial charge in [-0.05, 0) is 76.5 Å². The molecule has 0 atom stereocenters.